The standard InChI is InChI=1S/C19H17NO3/c20-12-14-3-5-15(6-4-14)19(21)16-7-9-17(10-8-16)23-13-18-2-1-11-22-18/h3-10,18H,1-2,11,13H2. The molecule has 23 heavy (non-hydrogen) atoms. The van der Waals surface area contributed by atoms with Crippen molar-refractivity contribution in [3.8, 4) is 11.8 Å². The fraction of sp³-hybridized carbons (Fsp3) is 0.263. The summed E-state index contributed by atoms with van der Waals surface area (Å²) < 4.78 is 11.2. The molecular weight excluding hydrogens is 290 g/mol. The van der Waals surface area contributed by atoms with E-state index >= 15 is 0 Å². The lowest BCUT2D eigenvalue weighted by Crippen LogP contribution is -2.16. The Morgan fingerprint density at radius 2 is 1.78 bits per heavy atom. The van der Waals surface area contributed by atoms with Gasteiger partial charge in [-0.25, -0.2) is 0 Å². The molecule has 0 aliphatic carbocycles. The quantitative estimate of drug-likeness (QED) is 0.795. The molecule has 0 radical (unpaired) electrons. The molecule has 4 heteroatoms. The van der Waals surface area contributed by atoms with Crippen molar-refractivity contribution in [1.29, 1.82) is 5.26 Å². The first-order valence-corrected chi connectivity index (χ1v) is 7.65. The van der Waals surface area contributed by atoms with Crippen LogP contribution in [0.15, 0.2) is 48.5 Å². The molecule has 0 saturated carbocycles. The van der Waals surface area contributed by atoms with Crippen LogP contribution in [0, 0.1) is 11.3 Å². The molecule has 1 aliphatic heterocycles. The van der Waals surface area contributed by atoms with Crippen LogP contribution < -0.4 is 4.74 Å². The molecular formula is C19H17NO3. The molecule has 0 spiro atoms. The summed E-state index contributed by atoms with van der Waals surface area (Å²) in [4.78, 5) is 12.4. The molecule has 2 aromatic rings. The SMILES string of the molecule is N#Cc1ccc(C(=O)c2ccc(OCC3CCCO3)cc2)cc1. The van der Waals surface area contributed by atoms with Crippen molar-refractivity contribution in [2.24, 2.45) is 0 Å². The molecule has 4 nitrogen and oxygen atoms in total. The smallest absolute Gasteiger partial charge is 0.193 e. The van der Waals surface area contributed by atoms with Gasteiger partial charge in [0.2, 0.25) is 0 Å². The van der Waals surface area contributed by atoms with E-state index in [4.69, 9.17) is 14.7 Å². The van der Waals surface area contributed by atoms with Crippen molar-refractivity contribution in [2.45, 2.75) is 18.9 Å². The van der Waals surface area contributed by atoms with Crippen LogP contribution in [0.25, 0.3) is 0 Å². The molecule has 1 aliphatic rings. The molecule has 3 rings (SSSR count). The summed E-state index contributed by atoms with van der Waals surface area (Å²) in [6.07, 6.45) is 2.30. The molecule has 0 amide bonds. The van der Waals surface area contributed by atoms with Crippen molar-refractivity contribution >= 4 is 5.78 Å². The molecule has 0 aromatic heterocycles. The van der Waals surface area contributed by atoms with Gasteiger partial charge in [0.25, 0.3) is 0 Å². The second kappa shape index (κ2) is 7.08. The van der Waals surface area contributed by atoms with Gasteiger partial charge in [0.05, 0.1) is 17.7 Å². The van der Waals surface area contributed by atoms with E-state index in [0.717, 1.165) is 25.2 Å². The van der Waals surface area contributed by atoms with E-state index in [1.165, 1.54) is 0 Å². The number of hydrogen-bond donors (Lipinski definition) is 0. The highest BCUT2D eigenvalue weighted by Gasteiger charge is 2.16. The lowest BCUT2D eigenvalue weighted by Gasteiger charge is -2.11. The van der Waals surface area contributed by atoms with Crippen LogP contribution in [0.4, 0.5) is 0 Å². The zero-order valence-electron chi connectivity index (χ0n) is 12.7. The topological polar surface area (TPSA) is 59.3 Å². The lowest BCUT2D eigenvalue weighted by atomic mass is 10.0. The number of nitrogens with zero attached hydrogens (tertiary/aromatic N) is 1. The van der Waals surface area contributed by atoms with Gasteiger partial charge in [0.1, 0.15) is 12.4 Å². The van der Waals surface area contributed by atoms with Crippen LogP contribution in [-0.4, -0.2) is 25.1 Å². The Labute approximate surface area is 135 Å². The maximum absolute atomic E-state index is 12.4. The Morgan fingerprint density at radius 3 is 2.35 bits per heavy atom. The number of hydrogen-bond acceptors (Lipinski definition) is 4. The third-order valence-electron chi connectivity index (χ3n) is 3.85. The van der Waals surface area contributed by atoms with E-state index in [9.17, 15) is 4.79 Å². The van der Waals surface area contributed by atoms with Crippen molar-refractivity contribution in [3.05, 3.63) is 65.2 Å². The van der Waals surface area contributed by atoms with E-state index in [1.54, 1.807) is 48.5 Å². The summed E-state index contributed by atoms with van der Waals surface area (Å²) in [7, 11) is 0. The predicted molar refractivity (Wildman–Crippen MR) is 85.5 cm³/mol. The monoisotopic (exact) mass is 307 g/mol. The van der Waals surface area contributed by atoms with Gasteiger partial charge in [-0.15, -0.1) is 0 Å². The van der Waals surface area contributed by atoms with Gasteiger partial charge in [-0.05, 0) is 61.4 Å². The van der Waals surface area contributed by atoms with Crippen LogP contribution in [-0.2, 0) is 4.74 Å². The summed E-state index contributed by atoms with van der Waals surface area (Å²) in [6.45, 7) is 1.36. The van der Waals surface area contributed by atoms with Gasteiger partial charge >= 0.3 is 0 Å². The van der Waals surface area contributed by atoms with Crippen molar-refractivity contribution in [2.75, 3.05) is 13.2 Å². The van der Waals surface area contributed by atoms with E-state index in [1.807, 2.05) is 6.07 Å². The summed E-state index contributed by atoms with van der Waals surface area (Å²) in [6, 6.07) is 15.8. The van der Waals surface area contributed by atoms with Crippen LogP contribution >= 0.6 is 0 Å². The average molecular weight is 307 g/mol. The highest BCUT2D eigenvalue weighted by molar-refractivity contribution is 6.09. The Kier molecular flexibility index (Phi) is 4.70. The first-order valence-electron chi connectivity index (χ1n) is 7.65. The van der Waals surface area contributed by atoms with Crippen LogP contribution in [0.1, 0.15) is 34.3 Å². The number of ether oxygens (including phenoxy) is 2. The summed E-state index contributed by atoms with van der Waals surface area (Å²) in [5, 5.41) is 8.79. The molecule has 0 bridgehead atoms. The molecule has 116 valence electrons. The third-order valence-corrected chi connectivity index (χ3v) is 3.85. The Hall–Kier alpha value is -2.64. The zero-order chi connectivity index (χ0) is 16.1. The largest absolute Gasteiger partial charge is 0.491 e. The molecule has 1 fully saturated rings. The molecule has 1 heterocycles. The third kappa shape index (κ3) is 3.77. The number of nitriles is 1. The molecule has 1 saturated heterocycles. The Bertz CT molecular complexity index is 708. The maximum atomic E-state index is 12.4. The minimum absolute atomic E-state index is 0.0693. The van der Waals surface area contributed by atoms with Gasteiger partial charge in [0.15, 0.2) is 5.78 Å². The van der Waals surface area contributed by atoms with Crippen molar-refractivity contribution < 1.29 is 14.3 Å². The Morgan fingerprint density at radius 1 is 1.13 bits per heavy atom. The van der Waals surface area contributed by atoms with E-state index in [-0.39, 0.29) is 11.9 Å². The molecule has 0 N–H and O–H groups in total. The normalized spacial score (nSPS) is 16.7. The highest BCUT2D eigenvalue weighted by Crippen LogP contribution is 2.18. The maximum Gasteiger partial charge on any atom is 0.193 e. The molecule has 2 aromatic carbocycles. The van der Waals surface area contributed by atoms with E-state index in [2.05, 4.69) is 0 Å². The first kappa shape index (κ1) is 15.3. The summed E-state index contributed by atoms with van der Waals surface area (Å²) in [5.41, 5.74) is 1.70. The molecule has 1 unspecified atom stereocenters. The molecule has 1 atom stereocenters. The van der Waals surface area contributed by atoms with E-state index < -0.39 is 0 Å². The van der Waals surface area contributed by atoms with Gasteiger partial charge in [-0.3, -0.25) is 4.79 Å². The second-order valence-corrected chi connectivity index (χ2v) is 5.49. The zero-order valence-corrected chi connectivity index (χ0v) is 12.7. The summed E-state index contributed by atoms with van der Waals surface area (Å²) >= 11 is 0. The first-order chi connectivity index (χ1) is 11.3. The average Bonchev–Trinajstić information content (AvgIpc) is 3.13. The summed E-state index contributed by atoms with van der Waals surface area (Å²) in [5.74, 6) is 0.664. The fourth-order valence-electron chi connectivity index (χ4n) is 2.53. The number of rotatable bonds is 5. The van der Waals surface area contributed by atoms with Gasteiger partial charge < -0.3 is 9.47 Å². The minimum Gasteiger partial charge on any atom is -0.491 e. The lowest BCUT2D eigenvalue weighted by molar-refractivity contribution is 0.0679. The predicted octanol–water partition coefficient (Wildman–Crippen LogP) is 3.35. The highest BCUT2D eigenvalue weighted by atomic mass is 16.5. The number of carbonyl (C=O) groups is 1. The van der Waals surface area contributed by atoms with E-state index in [0.29, 0.717) is 23.3 Å². The number of ketones is 1. The van der Waals surface area contributed by atoms with Crippen LogP contribution in [0.3, 0.4) is 0 Å². The fourth-order valence-corrected chi connectivity index (χ4v) is 2.53. The minimum atomic E-state index is -0.0693. The van der Waals surface area contributed by atoms with Gasteiger partial charge in [-0.2, -0.15) is 5.26 Å². The van der Waals surface area contributed by atoms with Gasteiger partial charge in [-0.1, -0.05) is 0 Å². The second-order valence-electron chi connectivity index (χ2n) is 5.49. The van der Waals surface area contributed by atoms with Gasteiger partial charge in [0, 0.05) is 17.7 Å². The number of carbonyl (C=O) groups excluding carboxylic acids is 1. The van der Waals surface area contributed by atoms with Crippen LogP contribution in [0.2, 0.25) is 0 Å². The van der Waals surface area contributed by atoms with Crippen molar-refractivity contribution in [1.82, 2.24) is 0 Å². The van der Waals surface area contributed by atoms with Crippen LogP contribution in [0.5, 0.6) is 5.75 Å². The Balaban J connectivity index is 1.63. The number of benzene rings is 2. The van der Waals surface area contributed by atoms with Crippen molar-refractivity contribution in [3.63, 3.8) is 0 Å².